The van der Waals surface area contributed by atoms with E-state index >= 15 is 0 Å². The highest BCUT2D eigenvalue weighted by molar-refractivity contribution is 6.31. The molecule has 0 aliphatic rings. The molecule has 0 spiro atoms. The molecule has 0 fully saturated rings. The van der Waals surface area contributed by atoms with Crippen LogP contribution in [0.2, 0.25) is 5.02 Å². The van der Waals surface area contributed by atoms with Crippen LogP contribution in [0.1, 0.15) is 19.4 Å². The molecule has 0 saturated heterocycles. The Labute approximate surface area is 152 Å². The van der Waals surface area contributed by atoms with Crippen LogP contribution in [0.15, 0.2) is 48.5 Å². The van der Waals surface area contributed by atoms with Gasteiger partial charge in [-0.1, -0.05) is 41.9 Å². The van der Waals surface area contributed by atoms with Crippen molar-refractivity contribution >= 4 is 29.1 Å². The second-order valence-electron chi connectivity index (χ2n) is 6.09. The van der Waals surface area contributed by atoms with E-state index in [0.29, 0.717) is 23.0 Å². The highest BCUT2D eigenvalue weighted by Gasteiger charge is 2.36. The van der Waals surface area contributed by atoms with E-state index in [0.717, 1.165) is 5.56 Å². The van der Waals surface area contributed by atoms with Crippen molar-refractivity contribution in [1.29, 1.82) is 0 Å². The van der Waals surface area contributed by atoms with E-state index in [1.165, 1.54) is 7.11 Å². The zero-order chi connectivity index (χ0) is 18.4. The van der Waals surface area contributed by atoms with Crippen LogP contribution >= 0.6 is 11.6 Å². The number of hydrogen-bond donors (Lipinski definition) is 2. The number of anilines is 1. The van der Waals surface area contributed by atoms with Gasteiger partial charge in [-0.2, -0.15) is 0 Å². The fourth-order valence-corrected chi connectivity index (χ4v) is 2.33. The van der Waals surface area contributed by atoms with Gasteiger partial charge in [0.2, 0.25) is 11.8 Å². The monoisotopic (exact) mass is 360 g/mol. The van der Waals surface area contributed by atoms with Gasteiger partial charge in [0.1, 0.15) is 11.2 Å². The molecule has 25 heavy (non-hydrogen) atoms. The summed E-state index contributed by atoms with van der Waals surface area (Å²) >= 11 is 5.97. The molecule has 0 saturated carbocycles. The Morgan fingerprint density at radius 1 is 1.08 bits per heavy atom. The van der Waals surface area contributed by atoms with Crippen LogP contribution in [0.5, 0.6) is 5.75 Å². The Bertz CT molecular complexity index is 761. The number of carbonyl (C=O) groups is 2. The predicted octanol–water partition coefficient (Wildman–Crippen LogP) is 3.63. The first kappa shape index (κ1) is 18.8. The van der Waals surface area contributed by atoms with E-state index in [-0.39, 0.29) is 5.91 Å². The number of nitrogens with one attached hydrogen (secondary N) is 2. The Kier molecular flexibility index (Phi) is 6.04. The standard InChI is InChI=1S/C19H21ClN2O3/c1-19(2,17(23)21-12-13-7-5-4-6-8-13)18(24)22-15-11-14(20)9-10-16(15)25-3/h4-11H,12H2,1-3H3,(H,21,23)(H,22,24). The van der Waals surface area contributed by atoms with Gasteiger partial charge in [0, 0.05) is 11.6 Å². The summed E-state index contributed by atoms with van der Waals surface area (Å²) in [7, 11) is 1.50. The van der Waals surface area contributed by atoms with Gasteiger partial charge in [-0.15, -0.1) is 0 Å². The van der Waals surface area contributed by atoms with Crippen molar-refractivity contribution in [2.45, 2.75) is 20.4 Å². The van der Waals surface area contributed by atoms with Crippen molar-refractivity contribution in [3.8, 4) is 5.75 Å². The molecule has 6 heteroatoms. The summed E-state index contributed by atoms with van der Waals surface area (Å²) in [5.74, 6) is -0.341. The van der Waals surface area contributed by atoms with Crippen LogP contribution in [0.3, 0.4) is 0 Å². The van der Waals surface area contributed by atoms with Crippen molar-refractivity contribution in [2.24, 2.45) is 5.41 Å². The molecule has 2 amide bonds. The lowest BCUT2D eigenvalue weighted by Crippen LogP contribution is -2.44. The van der Waals surface area contributed by atoms with E-state index in [1.54, 1.807) is 32.0 Å². The van der Waals surface area contributed by atoms with E-state index in [1.807, 2.05) is 30.3 Å². The van der Waals surface area contributed by atoms with Gasteiger partial charge in [-0.25, -0.2) is 0 Å². The number of methoxy groups -OCH3 is 1. The molecule has 0 bridgehead atoms. The van der Waals surface area contributed by atoms with Crippen molar-refractivity contribution in [1.82, 2.24) is 5.32 Å². The van der Waals surface area contributed by atoms with E-state index in [9.17, 15) is 9.59 Å². The summed E-state index contributed by atoms with van der Waals surface area (Å²) in [5.41, 5.74) is 0.120. The lowest BCUT2D eigenvalue weighted by molar-refractivity contribution is -0.138. The van der Waals surface area contributed by atoms with Crippen LogP contribution in [-0.4, -0.2) is 18.9 Å². The molecule has 0 atom stereocenters. The third-order valence-corrected chi connectivity index (χ3v) is 4.08. The lowest BCUT2D eigenvalue weighted by Gasteiger charge is -2.23. The van der Waals surface area contributed by atoms with Crippen LogP contribution in [0.4, 0.5) is 5.69 Å². The van der Waals surface area contributed by atoms with Gasteiger partial charge >= 0.3 is 0 Å². The molecule has 2 aromatic carbocycles. The minimum atomic E-state index is -1.26. The smallest absolute Gasteiger partial charge is 0.239 e. The quantitative estimate of drug-likeness (QED) is 0.773. The van der Waals surface area contributed by atoms with Crippen LogP contribution < -0.4 is 15.4 Å². The number of hydrogen-bond acceptors (Lipinski definition) is 3. The van der Waals surface area contributed by atoms with Crippen molar-refractivity contribution in [3.63, 3.8) is 0 Å². The van der Waals surface area contributed by atoms with Gasteiger partial charge in [-0.05, 0) is 37.6 Å². The second kappa shape index (κ2) is 8.03. The second-order valence-corrected chi connectivity index (χ2v) is 6.53. The minimum Gasteiger partial charge on any atom is -0.495 e. The number of rotatable bonds is 6. The van der Waals surface area contributed by atoms with Crippen molar-refractivity contribution < 1.29 is 14.3 Å². The molecule has 0 heterocycles. The topological polar surface area (TPSA) is 67.4 Å². The first-order valence-electron chi connectivity index (χ1n) is 7.82. The van der Waals surface area contributed by atoms with Gasteiger partial charge in [0.05, 0.1) is 12.8 Å². The van der Waals surface area contributed by atoms with Gasteiger partial charge in [-0.3, -0.25) is 9.59 Å². The first-order chi connectivity index (χ1) is 11.8. The third kappa shape index (κ3) is 4.73. The number of halogens is 1. The number of carbonyl (C=O) groups excluding carboxylic acids is 2. The van der Waals surface area contributed by atoms with Crippen LogP contribution in [0.25, 0.3) is 0 Å². The lowest BCUT2D eigenvalue weighted by atomic mass is 9.90. The molecular weight excluding hydrogens is 340 g/mol. The Balaban J connectivity index is 2.06. The molecule has 5 nitrogen and oxygen atoms in total. The average molecular weight is 361 g/mol. The number of ether oxygens (including phenoxy) is 1. The number of amides is 2. The molecular formula is C19H21ClN2O3. The first-order valence-corrected chi connectivity index (χ1v) is 8.19. The maximum Gasteiger partial charge on any atom is 0.239 e. The van der Waals surface area contributed by atoms with Gasteiger partial charge < -0.3 is 15.4 Å². The Morgan fingerprint density at radius 2 is 1.76 bits per heavy atom. The SMILES string of the molecule is COc1ccc(Cl)cc1NC(=O)C(C)(C)C(=O)NCc1ccccc1. The maximum atomic E-state index is 12.6. The largest absolute Gasteiger partial charge is 0.495 e. The molecule has 2 N–H and O–H groups in total. The molecule has 2 aromatic rings. The summed E-state index contributed by atoms with van der Waals surface area (Å²) in [4.78, 5) is 25.1. The summed E-state index contributed by atoms with van der Waals surface area (Å²) < 4.78 is 5.21. The molecule has 0 radical (unpaired) electrons. The van der Waals surface area contributed by atoms with Crippen molar-refractivity contribution in [3.05, 3.63) is 59.1 Å². The maximum absolute atomic E-state index is 12.6. The van der Waals surface area contributed by atoms with E-state index in [4.69, 9.17) is 16.3 Å². The normalized spacial score (nSPS) is 10.9. The highest BCUT2D eigenvalue weighted by Crippen LogP contribution is 2.29. The van der Waals surface area contributed by atoms with E-state index in [2.05, 4.69) is 10.6 Å². The van der Waals surface area contributed by atoms with E-state index < -0.39 is 11.3 Å². The summed E-state index contributed by atoms with van der Waals surface area (Å²) in [6.45, 7) is 3.50. The molecule has 2 rings (SSSR count). The Hall–Kier alpha value is -2.53. The van der Waals surface area contributed by atoms with Gasteiger partial charge in [0.15, 0.2) is 0 Å². The third-order valence-electron chi connectivity index (χ3n) is 3.84. The summed E-state index contributed by atoms with van der Waals surface area (Å²) in [6.07, 6.45) is 0. The zero-order valence-corrected chi connectivity index (χ0v) is 15.2. The molecule has 132 valence electrons. The molecule has 0 aliphatic carbocycles. The average Bonchev–Trinajstić information content (AvgIpc) is 2.60. The molecule has 0 aromatic heterocycles. The molecule has 0 aliphatic heterocycles. The Morgan fingerprint density at radius 3 is 2.40 bits per heavy atom. The van der Waals surface area contributed by atoms with Crippen LogP contribution in [-0.2, 0) is 16.1 Å². The number of benzene rings is 2. The van der Waals surface area contributed by atoms with Crippen molar-refractivity contribution in [2.75, 3.05) is 12.4 Å². The highest BCUT2D eigenvalue weighted by atomic mass is 35.5. The fraction of sp³-hybridized carbons (Fsp3) is 0.263. The zero-order valence-electron chi connectivity index (χ0n) is 14.4. The molecule has 0 unspecified atom stereocenters. The van der Waals surface area contributed by atoms with Crippen LogP contribution in [0, 0.1) is 5.41 Å². The fourth-order valence-electron chi connectivity index (χ4n) is 2.16. The summed E-state index contributed by atoms with van der Waals surface area (Å²) in [5, 5.41) is 5.96. The minimum absolute atomic E-state index is 0.358. The summed E-state index contributed by atoms with van der Waals surface area (Å²) in [6, 6.07) is 14.4. The predicted molar refractivity (Wildman–Crippen MR) is 98.7 cm³/mol. The van der Waals surface area contributed by atoms with Gasteiger partial charge in [0.25, 0.3) is 0 Å².